The van der Waals surface area contributed by atoms with E-state index in [4.69, 9.17) is 9.47 Å². The van der Waals surface area contributed by atoms with Gasteiger partial charge >= 0.3 is 0 Å². The van der Waals surface area contributed by atoms with E-state index in [0.29, 0.717) is 11.4 Å². The van der Waals surface area contributed by atoms with Crippen LogP contribution in [0.1, 0.15) is 20.8 Å². The van der Waals surface area contributed by atoms with Gasteiger partial charge in [-0.05, 0) is 17.5 Å². The number of hydrogen-bond donors (Lipinski definition) is 5. The molecule has 0 fully saturated rings. The fourth-order valence-electron chi connectivity index (χ4n) is 3.03. The molecule has 0 aliphatic carbocycles. The van der Waals surface area contributed by atoms with E-state index >= 15 is 0 Å². The van der Waals surface area contributed by atoms with E-state index in [1.54, 1.807) is 18.2 Å². The van der Waals surface area contributed by atoms with Crippen LogP contribution in [0.4, 0.5) is 5.69 Å². The van der Waals surface area contributed by atoms with Gasteiger partial charge in [-0.2, -0.15) is 0 Å². The summed E-state index contributed by atoms with van der Waals surface area (Å²) in [4.78, 5) is 26.2. The number of carbonyl (C=O) groups excluding carboxylic acids is 2. The van der Waals surface area contributed by atoms with Crippen molar-refractivity contribution in [3.8, 4) is 5.75 Å². The van der Waals surface area contributed by atoms with E-state index in [-0.39, 0.29) is 11.2 Å². The first-order chi connectivity index (χ1) is 15.0. The predicted octanol–water partition coefficient (Wildman–Crippen LogP) is 0.924. The quantitative estimate of drug-likeness (QED) is 0.355. The molecule has 9 nitrogen and oxygen atoms in total. The number of rotatable bonds is 8. The Morgan fingerprint density at radius 2 is 1.94 bits per heavy atom. The van der Waals surface area contributed by atoms with Gasteiger partial charge in [0.2, 0.25) is 5.91 Å². The minimum Gasteiger partial charge on any atom is -0.495 e. The molecule has 0 saturated heterocycles. The zero-order valence-corrected chi connectivity index (χ0v) is 19.7. The molecule has 2 amide bonds. The lowest BCUT2D eigenvalue weighted by Crippen LogP contribution is -2.55. The molecule has 0 radical (unpaired) electrons. The van der Waals surface area contributed by atoms with Crippen LogP contribution in [0.15, 0.2) is 35.2 Å². The second kappa shape index (κ2) is 11.2. The summed E-state index contributed by atoms with van der Waals surface area (Å²) in [6, 6.07) is 4.43. The molecule has 2 rings (SSSR count). The number of aliphatic hydroxyl groups excluding tert-OH is 3. The highest BCUT2D eigenvalue weighted by atomic mass is 32.2. The lowest BCUT2D eigenvalue weighted by molar-refractivity contribution is -0.150. The molecule has 1 aliphatic heterocycles. The normalized spacial score (nSPS) is 20.5. The third kappa shape index (κ3) is 6.69. The van der Waals surface area contributed by atoms with Crippen molar-refractivity contribution in [2.45, 2.75) is 56.1 Å². The molecule has 5 atom stereocenters. The highest BCUT2D eigenvalue weighted by Crippen LogP contribution is 2.37. The van der Waals surface area contributed by atoms with E-state index in [1.807, 2.05) is 26.8 Å². The highest BCUT2D eigenvalue weighted by molar-refractivity contribution is 7.99. The third-order valence-corrected chi connectivity index (χ3v) is 5.96. The lowest BCUT2D eigenvalue weighted by atomic mass is 9.94. The molecule has 0 saturated carbocycles. The highest BCUT2D eigenvalue weighted by Gasteiger charge is 2.37. The lowest BCUT2D eigenvalue weighted by Gasteiger charge is -2.28. The van der Waals surface area contributed by atoms with Crippen molar-refractivity contribution in [3.63, 3.8) is 0 Å². The van der Waals surface area contributed by atoms with Crippen molar-refractivity contribution in [1.82, 2.24) is 5.32 Å². The van der Waals surface area contributed by atoms with Gasteiger partial charge in [-0.1, -0.05) is 39.0 Å². The summed E-state index contributed by atoms with van der Waals surface area (Å²) < 4.78 is 10.4. The molecule has 0 spiro atoms. The van der Waals surface area contributed by atoms with Gasteiger partial charge in [-0.25, -0.2) is 0 Å². The maximum atomic E-state index is 12.8. The number of amides is 2. The molecular formula is C22H32N2O7S. The molecule has 178 valence electrons. The molecule has 1 aromatic rings. The van der Waals surface area contributed by atoms with Crippen molar-refractivity contribution in [3.05, 3.63) is 30.4 Å². The van der Waals surface area contributed by atoms with Crippen LogP contribution in [-0.4, -0.2) is 77.6 Å². The molecule has 1 unspecified atom stereocenters. The number of carbonyl (C=O) groups is 2. The molecule has 1 heterocycles. The standard InChI is InChI=1S/C22H32N2O7S/c1-22(2,3)10-9-13(25)17(26)18(27)19(31-5)21(29)23-12-11-32-15-8-6-7-14(30-4)16(15)24-20(12)28/h6-10,12-13,17-19,25-27H,11H2,1-5H3,(H,23,29)(H,24,28)/b10-9+/t12?,13-,17+,18-,19-/m1/s1. The average Bonchev–Trinajstić information content (AvgIpc) is 2.89. The number of fused-ring (bicyclic) bond motifs is 1. The molecule has 1 aliphatic rings. The molecule has 0 bridgehead atoms. The number of nitrogens with one attached hydrogen (secondary N) is 2. The molecule has 32 heavy (non-hydrogen) atoms. The minimum atomic E-state index is -1.72. The summed E-state index contributed by atoms with van der Waals surface area (Å²) in [6.45, 7) is 5.73. The molecule has 0 aromatic heterocycles. The van der Waals surface area contributed by atoms with Crippen LogP contribution in [0.3, 0.4) is 0 Å². The van der Waals surface area contributed by atoms with Gasteiger partial charge in [0.15, 0.2) is 6.10 Å². The van der Waals surface area contributed by atoms with Crippen LogP contribution >= 0.6 is 11.8 Å². The fraction of sp³-hybridized carbons (Fsp3) is 0.545. The first-order valence-electron chi connectivity index (χ1n) is 10.2. The number of benzene rings is 1. The van der Waals surface area contributed by atoms with Crippen molar-refractivity contribution in [2.24, 2.45) is 5.41 Å². The van der Waals surface area contributed by atoms with Gasteiger partial charge in [-0.15, -0.1) is 11.8 Å². The summed E-state index contributed by atoms with van der Waals surface area (Å²) in [5, 5.41) is 36.2. The van der Waals surface area contributed by atoms with Crippen LogP contribution in [0.2, 0.25) is 0 Å². The number of methoxy groups -OCH3 is 2. The van der Waals surface area contributed by atoms with Gasteiger partial charge in [0.05, 0.1) is 12.8 Å². The number of hydrogen-bond acceptors (Lipinski definition) is 8. The summed E-state index contributed by atoms with van der Waals surface area (Å²) in [7, 11) is 2.69. The average molecular weight is 469 g/mol. The summed E-state index contributed by atoms with van der Waals surface area (Å²) in [5.41, 5.74) is 0.281. The molecule has 1 aromatic carbocycles. The number of para-hydroxylation sites is 1. The van der Waals surface area contributed by atoms with Crippen LogP contribution in [0.5, 0.6) is 5.75 Å². The maximum absolute atomic E-state index is 12.8. The van der Waals surface area contributed by atoms with Gasteiger partial charge < -0.3 is 35.4 Å². The minimum absolute atomic E-state index is 0.240. The van der Waals surface area contributed by atoms with Crippen LogP contribution < -0.4 is 15.4 Å². The second-order valence-corrected chi connectivity index (χ2v) is 9.61. The van der Waals surface area contributed by atoms with Crippen LogP contribution in [0.25, 0.3) is 0 Å². The number of allylic oxidation sites excluding steroid dienone is 1. The largest absolute Gasteiger partial charge is 0.495 e. The van der Waals surface area contributed by atoms with Gasteiger partial charge in [0.1, 0.15) is 30.1 Å². The Hall–Kier alpha value is -2.11. The number of anilines is 1. The summed E-state index contributed by atoms with van der Waals surface area (Å²) >= 11 is 1.36. The zero-order valence-electron chi connectivity index (χ0n) is 18.9. The van der Waals surface area contributed by atoms with Gasteiger partial charge in [0.25, 0.3) is 5.91 Å². The summed E-state index contributed by atoms with van der Waals surface area (Å²) in [6.07, 6.45) is -3.25. The SMILES string of the molecule is COc1cccc2c1NC(=O)C(NC(=O)[C@H](OC)[C@H](O)[C@@H](O)[C@H](O)/C=C/C(C)(C)C)CS2. The Morgan fingerprint density at radius 1 is 1.25 bits per heavy atom. The first-order valence-corrected chi connectivity index (χ1v) is 11.1. The maximum Gasteiger partial charge on any atom is 0.252 e. The zero-order chi connectivity index (χ0) is 24.1. The Balaban J connectivity index is 2.08. The van der Waals surface area contributed by atoms with Crippen molar-refractivity contribution in [2.75, 3.05) is 25.3 Å². The van der Waals surface area contributed by atoms with Crippen molar-refractivity contribution in [1.29, 1.82) is 0 Å². The second-order valence-electron chi connectivity index (χ2n) is 8.55. The number of thioether (sulfide) groups is 1. The van der Waals surface area contributed by atoms with E-state index in [9.17, 15) is 24.9 Å². The van der Waals surface area contributed by atoms with Crippen LogP contribution in [-0.2, 0) is 14.3 Å². The monoisotopic (exact) mass is 468 g/mol. The van der Waals surface area contributed by atoms with E-state index in [1.165, 1.54) is 32.1 Å². The number of ether oxygens (including phenoxy) is 2. The Bertz CT molecular complexity index is 840. The first kappa shape index (κ1) is 26.1. The summed E-state index contributed by atoms with van der Waals surface area (Å²) in [5.74, 6) is -0.498. The topological polar surface area (TPSA) is 137 Å². The number of aliphatic hydroxyl groups is 3. The van der Waals surface area contributed by atoms with Crippen molar-refractivity contribution >= 4 is 29.3 Å². The molecule has 5 N–H and O–H groups in total. The molecular weight excluding hydrogens is 436 g/mol. The van der Waals surface area contributed by atoms with Gasteiger partial charge in [-0.3, -0.25) is 9.59 Å². The van der Waals surface area contributed by atoms with E-state index in [0.717, 1.165) is 4.90 Å². The predicted molar refractivity (Wildman–Crippen MR) is 122 cm³/mol. The van der Waals surface area contributed by atoms with E-state index < -0.39 is 42.3 Å². The fourth-order valence-corrected chi connectivity index (χ4v) is 4.08. The Morgan fingerprint density at radius 3 is 2.53 bits per heavy atom. The van der Waals surface area contributed by atoms with Crippen molar-refractivity contribution < 1.29 is 34.4 Å². The van der Waals surface area contributed by atoms with E-state index in [2.05, 4.69) is 10.6 Å². The smallest absolute Gasteiger partial charge is 0.252 e. The van der Waals surface area contributed by atoms with Crippen LogP contribution in [0, 0.1) is 5.41 Å². The Kier molecular flexibility index (Phi) is 9.11. The molecule has 10 heteroatoms. The Labute approximate surface area is 192 Å². The van der Waals surface area contributed by atoms with Gasteiger partial charge in [0, 0.05) is 17.8 Å². The third-order valence-electron chi connectivity index (χ3n) is 4.81.